The Labute approximate surface area is 169 Å². The second-order valence-corrected chi connectivity index (χ2v) is 7.25. The minimum absolute atomic E-state index is 0.110. The van der Waals surface area contributed by atoms with Gasteiger partial charge in [0.15, 0.2) is 0 Å². The normalized spacial score (nSPS) is 11.0. The number of benzene rings is 1. The number of rotatable bonds is 6. The molecule has 1 amide bonds. The van der Waals surface area contributed by atoms with Crippen LogP contribution in [0.25, 0.3) is 10.9 Å². The summed E-state index contributed by atoms with van der Waals surface area (Å²) in [7, 11) is 0. The van der Waals surface area contributed by atoms with Crippen LogP contribution in [0.3, 0.4) is 0 Å². The number of hydrogen-bond acceptors (Lipinski definition) is 4. The van der Waals surface area contributed by atoms with Gasteiger partial charge in [-0.05, 0) is 50.5 Å². The first-order valence-corrected chi connectivity index (χ1v) is 9.78. The molecule has 0 fully saturated rings. The van der Waals surface area contributed by atoms with E-state index in [4.69, 9.17) is 0 Å². The molecule has 0 saturated carbocycles. The molecular weight excluding hydrogens is 366 g/mol. The van der Waals surface area contributed by atoms with Crippen molar-refractivity contribution >= 4 is 16.8 Å². The van der Waals surface area contributed by atoms with E-state index in [1.807, 2.05) is 24.6 Å². The topological polar surface area (TPSA) is 104 Å². The fourth-order valence-corrected chi connectivity index (χ4v) is 3.69. The van der Waals surface area contributed by atoms with E-state index in [1.165, 1.54) is 0 Å². The Morgan fingerprint density at radius 1 is 1.28 bits per heavy atom. The second kappa shape index (κ2) is 8.31. The predicted octanol–water partition coefficient (Wildman–Crippen LogP) is 3.50. The van der Waals surface area contributed by atoms with Crippen LogP contribution in [0.1, 0.15) is 65.5 Å². The van der Waals surface area contributed by atoms with Gasteiger partial charge in [0.05, 0.1) is 35.0 Å². The Balaban J connectivity index is 1.98. The van der Waals surface area contributed by atoms with E-state index in [-0.39, 0.29) is 24.1 Å². The molecule has 2 N–H and O–H groups in total. The first-order chi connectivity index (χ1) is 13.9. The lowest BCUT2D eigenvalue weighted by Gasteiger charge is -2.15. The fraction of sp³-hybridized carbons (Fsp3) is 0.364. The van der Waals surface area contributed by atoms with E-state index in [2.05, 4.69) is 35.3 Å². The number of aromatic nitrogens is 3. The fourth-order valence-electron chi connectivity index (χ4n) is 3.69. The second-order valence-electron chi connectivity index (χ2n) is 7.25. The standard InChI is InChI=1S/C22H25N5O2/c1-5-16(6-2)27-20-9-15(10-23)8-17(19(20)12-25-27)21(28)24-11-18-13(3)7-14(4)26-22(18)29/h7-9,12,16H,5-6,11H2,1-4H3,(H,24,28)(H,26,29). The predicted molar refractivity (Wildman–Crippen MR) is 112 cm³/mol. The summed E-state index contributed by atoms with van der Waals surface area (Å²) in [4.78, 5) is 27.9. The quantitative estimate of drug-likeness (QED) is 0.671. The molecule has 7 heteroatoms. The number of fused-ring (bicyclic) bond motifs is 1. The summed E-state index contributed by atoms with van der Waals surface area (Å²) in [6.45, 7) is 7.95. The number of pyridine rings is 1. The van der Waals surface area contributed by atoms with Gasteiger partial charge in [0.2, 0.25) is 0 Å². The third-order valence-electron chi connectivity index (χ3n) is 5.30. The van der Waals surface area contributed by atoms with Crippen molar-refractivity contribution in [2.45, 2.75) is 53.1 Å². The van der Waals surface area contributed by atoms with Gasteiger partial charge in [-0.15, -0.1) is 0 Å². The number of amides is 1. The van der Waals surface area contributed by atoms with Crippen LogP contribution in [0, 0.1) is 25.2 Å². The molecule has 0 aliphatic heterocycles. The van der Waals surface area contributed by atoms with E-state index in [9.17, 15) is 14.9 Å². The molecule has 3 aromatic rings. The monoisotopic (exact) mass is 391 g/mol. The highest BCUT2D eigenvalue weighted by molar-refractivity contribution is 6.06. The van der Waals surface area contributed by atoms with Gasteiger partial charge in [-0.3, -0.25) is 14.3 Å². The molecule has 2 aromatic heterocycles. The minimum Gasteiger partial charge on any atom is -0.348 e. The molecule has 0 bridgehead atoms. The van der Waals surface area contributed by atoms with Gasteiger partial charge >= 0.3 is 0 Å². The van der Waals surface area contributed by atoms with Crippen LogP contribution in [0.4, 0.5) is 0 Å². The molecule has 0 atom stereocenters. The highest BCUT2D eigenvalue weighted by Crippen LogP contribution is 2.26. The first-order valence-electron chi connectivity index (χ1n) is 9.78. The molecule has 0 radical (unpaired) electrons. The van der Waals surface area contributed by atoms with Crippen molar-refractivity contribution in [1.29, 1.82) is 5.26 Å². The number of carbonyl (C=O) groups excluding carboxylic acids is 1. The Morgan fingerprint density at radius 3 is 2.62 bits per heavy atom. The van der Waals surface area contributed by atoms with Crippen LogP contribution in [-0.2, 0) is 6.54 Å². The number of H-pyrrole nitrogens is 1. The van der Waals surface area contributed by atoms with Crippen LogP contribution >= 0.6 is 0 Å². The van der Waals surface area contributed by atoms with Crippen molar-refractivity contribution < 1.29 is 4.79 Å². The maximum Gasteiger partial charge on any atom is 0.253 e. The van der Waals surface area contributed by atoms with Crippen molar-refractivity contribution in [3.63, 3.8) is 0 Å². The van der Waals surface area contributed by atoms with Gasteiger partial charge in [-0.1, -0.05) is 13.8 Å². The Morgan fingerprint density at radius 2 is 2.00 bits per heavy atom. The average Bonchev–Trinajstić information content (AvgIpc) is 3.11. The average molecular weight is 391 g/mol. The molecule has 1 aromatic carbocycles. The zero-order valence-corrected chi connectivity index (χ0v) is 17.2. The number of carbonyl (C=O) groups is 1. The minimum atomic E-state index is -0.337. The first kappa shape index (κ1) is 20.3. The molecule has 7 nitrogen and oxygen atoms in total. The van der Waals surface area contributed by atoms with Gasteiger partial charge < -0.3 is 10.3 Å². The van der Waals surface area contributed by atoms with Crippen LogP contribution in [0.2, 0.25) is 0 Å². The Hall–Kier alpha value is -3.40. The van der Waals surface area contributed by atoms with E-state index in [1.54, 1.807) is 18.3 Å². The maximum absolute atomic E-state index is 12.9. The lowest BCUT2D eigenvalue weighted by molar-refractivity contribution is 0.0952. The number of aryl methyl sites for hydroxylation is 2. The zero-order valence-electron chi connectivity index (χ0n) is 17.2. The molecule has 0 spiro atoms. The lowest BCUT2D eigenvalue weighted by Crippen LogP contribution is -2.28. The van der Waals surface area contributed by atoms with Crippen molar-refractivity contribution in [3.05, 3.63) is 62.7 Å². The van der Waals surface area contributed by atoms with Crippen LogP contribution in [0.15, 0.2) is 29.2 Å². The summed E-state index contributed by atoms with van der Waals surface area (Å²) in [5.41, 5.74) is 3.47. The van der Waals surface area contributed by atoms with E-state index in [0.717, 1.165) is 29.6 Å². The van der Waals surface area contributed by atoms with Crippen LogP contribution < -0.4 is 10.9 Å². The summed E-state index contributed by atoms with van der Waals surface area (Å²) in [6.07, 6.45) is 3.48. The zero-order chi connectivity index (χ0) is 21.1. The summed E-state index contributed by atoms with van der Waals surface area (Å²) < 4.78 is 1.89. The highest BCUT2D eigenvalue weighted by Gasteiger charge is 2.18. The van der Waals surface area contributed by atoms with Crippen molar-refractivity contribution in [2.75, 3.05) is 0 Å². The molecular formula is C22H25N5O2. The SMILES string of the molecule is CCC(CC)n1ncc2c(C(=O)NCc3c(C)cc(C)[nH]c3=O)cc(C#N)cc21. The number of nitrogens with one attached hydrogen (secondary N) is 2. The van der Waals surface area contributed by atoms with E-state index < -0.39 is 0 Å². The summed E-state index contributed by atoms with van der Waals surface area (Å²) >= 11 is 0. The lowest BCUT2D eigenvalue weighted by atomic mass is 10.0. The highest BCUT2D eigenvalue weighted by atomic mass is 16.1. The molecule has 0 unspecified atom stereocenters. The Bertz CT molecular complexity index is 1160. The van der Waals surface area contributed by atoms with E-state index in [0.29, 0.717) is 22.1 Å². The van der Waals surface area contributed by atoms with Crippen molar-refractivity contribution in [1.82, 2.24) is 20.1 Å². The molecule has 0 aliphatic carbocycles. The van der Waals surface area contributed by atoms with Crippen LogP contribution in [-0.4, -0.2) is 20.7 Å². The van der Waals surface area contributed by atoms with Gasteiger partial charge in [-0.2, -0.15) is 10.4 Å². The third kappa shape index (κ3) is 3.92. The molecule has 29 heavy (non-hydrogen) atoms. The van der Waals surface area contributed by atoms with Crippen molar-refractivity contribution in [3.8, 4) is 6.07 Å². The van der Waals surface area contributed by atoms with Gasteiger partial charge in [-0.25, -0.2) is 0 Å². The third-order valence-corrected chi connectivity index (χ3v) is 5.30. The van der Waals surface area contributed by atoms with Gasteiger partial charge in [0, 0.05) is 23.2 Å². The van der Waals surface area contributed by atoms with Crippen LogP contribution in [0.5, 0.6) is 0 Å². The maximum atomic E-state index is 12.9. The largest absolute Gasteiger partial charge is 0.348 e. The molecule has 0 saturated heterocycles. The van der Waals surface area contributed by atoms with E-state index >= 15 is 0 Å². The summed E-state index contributed by atoms with van der Waals surface area (Å²) in [6, 6.07) is 7.54. The molecule has 3 rings (SSSR count). The Kier molecular flexibility index (Phi) is 5.83. The number of aromatic amines is 1. The summed E-state index contributed by atoms with van der Waals surface area (Å²) in [5, 5.41) is 17.4. The smallest absolute Gasteiger partial charge is 0.253 e. The number of nitrogens with zero attached hydrogens (tertiary/aromatic N) is 3. The van der Waals surface area contributed by atoms with Gasteiger partial charge in [0.25, 0.3) is 11.5 Å². The molecule has 2 heterocycles. The van der Waals surface area contributed by atoms with Gasteiger partial charge in [0.1, 0.15) is 0 Å². The number of nitriles is 1. The number of hydrogen-bond donors (Lipinski definition) is 2. The molecule has 0 aliphatic rings. The molecule has 150 valence electrons. The van der Waals surface area contributed by atoms with Crippen molar-refractivity contribution in [2.24, 2.45) is 0 Å². The summed E-state index contributed by atoms with van der Waals surface area (Å²) in [5.74, 6) is -0.337.